The Bertz CT molecular complexity index is 828. The molecule has 5 heteroatoms. The average Bonchev–Trinajstić information content (AvgIpc) is 3.03. The molecule has 0 bridgehead atoms. The molecule has 0 aliphatic carbocycles. The third-order valence-electron chi connectivity index (χ3n) is 3.68. The van der Waals surface area contributed by atoms with Gasteiger partial charge in [-0.25, -0.2) is 0 Å². The van der Waals surface area contributed by atoms with Crippen molar-refractivity contribution in [2.75, 3.05) is 13.7 Å². The van der Waals surface area contributed by atoms with Crippen LogP contribution in [0.4, 0.5) is 0 Å². The molecule has 1 atom stereocenters. The molecule has 1 amide bonds. The normalized spacial score (nSPS) is 12.1. The molecule has 1 aromatic heterocycles. The van der Waals surface area contributed by atoms with E-state index < -0.39 is 6.10 Å². The van der Waals surface area contributed by atoms with Gasteiger partial charge in [-0.3, -0.25) is 4.79 Å². The summed E-state index contributed by atoms with van der Waals surface area (Å²) in [7, 11) is 1.53. The van der Waals surface area contributed by atoms with E-state index in [-0.39, 0.29) is 12.5 Å². The first-order valence-corrected chi connectivity index (χ1v) is 8.14. The minimum atomic E-state index is -0.746. The summed E-state index contributed by atoms with van der Waals surface area (Å²) in [6, 6.07) is 14.9. The van der Waals surface area contributed by atoms with E-state index in [1.807, 2.05) is 35.7 Å². The molecule has 0 aliphatic heterocycles. The number of methoxy groups -OCH3 is 1. The Labute approximate surface area is 138 Å². The number of carbonyl (C=O) groups excluding carboxylic acids is 1. The predicted octanol–water partition coefficient (Wildman–Crippen LogP) is 3.37. The molecule has 0 spiro atoms. The lowest BCUT2D eigenvalue weighted by atomic mass is 10.1. The molecule has 2 N–H and O–H groups in total. The number of amides is 1. The zero-order valence-electron chi connectivity index (χ0n) is 12.7. The van der Waals surface area contributed by atoms with E-state index in [4.69, 9.17) is 4.74 Å². The van der Waals surface area contributed by atoms with Crippen LogP contribution in [0.15, 0.2) is 53.9 Å². The number of hydrogen-bond acceptors (Lipinski definition) is 4. The highest BCUT2D eigenvalue weighted by Gasteiger charge is 2.16. The Morgan fingerprint density at radius 2 is 1.96 bits per heavy atom. The molecule has 3 aromatic rings. The van der Waals surface area contributed by atoms with Crippen molar-refractivity contribution in [2.24, 2.45) is 0 Å². The molecule has 0 aliphatic rings. The highest BCUT2D eigenvalue weighted by molar-refractivity contribution is 7.17. The molecule has 0 radical (unpaired) electrons. The second-order valence-electron chi connectivity index (χ2n) is 5.11. The predicted molar refractivity (Wildman–Crippen MR) is 92.1 cm³/mol. The van der Waals surface area contributed by atoms with E-state index >= 15 is 0 Å². The maximum atomic E-state index is 12.3. The van der Waals surface area contributed by atoms with E-state index in [1.54, 1.807) is 29.5 Å². The molecule has 0 fully saturated rings. The minimum absolute atomic E-state index is 0.150. The summed E-state index contributed by atoms with van der Waals surface area (Å²) in [6.45, 7) is 0.150. The fourth-order valence-electron chi connectivity index (χ4n) is 2.48. The van der Waals surface area contributed by atoms with Gasteiger partial charge in [-0.2, -0.15) is 0 Å². The van der Waals surface area contributed by atoms with Crippen LogP contribution in [0.25, 0.3) is 10.1 Å². The van der Waals surface area contributed by atoms with Gasteiger partial charge in [0.15, 0.2) is 0 Å². The van der Waals surface area contributed by atoms with E-state index in [1.165, 1.54) is 7.11 Å². The number of aliphatic hydroxyl groups is 1. The van der Waals surface area contributed by atoms with Crippen LogP contribution < -0.4 is 10.1 Å². The lowest BCUT2D eigenvalue weighted by Crippen LogP contribution is -2.28. The summed E-state index contributed by atoms with van der Waals surface area (Å²) in [5, 5.41) is 16.1. The first-order valence-electron chi connectivity index (χ1n) is 7.26. The monoisotopic (exact) mass is 327 g/mol. The maximum Gasteiger partial charge on any atom is 0.255 e. The Balaban J connectivity index is 1.71. The average molecular weight is 327 g/mol. The van der Waals surface area contributed by atoms with E-state index in [0.29, 0.717) is 11.3 Å². The fourth-order valence-corrected chi connectivity index (χ4v) is 3.49. The largest absolute Gasteiger partial charge is 0.496 e. The van der Waals surface area contributed by atoms with Gasteiger partial charge in [0.2, 0.25) is 0 Å². The number of ether oxygens (including phenoxy) is 1. The second kappa shape index (κ2) is 6.81. The third kappa shape index (κ3) is 3.21. The van der Waals surface area contributed by atoms with Gasteiger partial charge >= 0.3 is 0 Å². The molecule has 23 heavy (non-hydrogen) atoms. The summed E-state index contributed by atoms with van der Waals surface area (Å²) in [5.74, 6) is 0.251. The van der Waals surface area contributed by atoms with Gasteiger partial charge in [0.1, 0.15) is 5.75 Å². The highest BCUT2D eigenvalue weighted by atomic mass is 32.1. The van der Waals surface area contributed by atoms with Crippen molar-refractivity contribution >= 4 is 27.3 Å². The van der Waals surface area contributed by atoms with Gasteiger partial charge in [0.25, 0.3) is 5.91 Å². The Kier molecular flexibility index (Phi) is 4.60. The topological polar surface area (TPSA) is 58.6 Å². The number of fused-ring (bicyclic) bond motifs is 1. The fraction of sp³-hybridized carbons (Fsp3) is 0.167. The first-order chi connectivity index (χ1) is 11.2. The second-order valence-corrected chi connectivity index (χ2v) is 6.02. The number of nitrogens with one attached hydrogen (secondary N) is 1. The molecule has 4 nitrogen and oxygen atoms in total. The lowest BCUT2D eigenvalue weighted by molar-refractivity contribution is 0.0914. The summed E-state index contributed by atoms with van der Waals surface area (Å²) in [6.07, 6.45) is -0.746. The van der Waals surface area contributed by atoms with Gasteiger partial charge in [-0.05, 0) is 29.0 Å². The van der Waals surface area contributed by atoms with Crippen molar-refractivity contribution in [3.05, 3.63) is 65.0 Å². The number of aliphatic hydroxyl groups excluding tert-OH is 1. The van der Waals surface area contributed by atoms with Crippen LogP contribution in [0.5, 0.6) is 5.75 Å². The standard InChI is InChI=1S/C18H17NO3S/c1-22-16-8-4-2-7-13(16)18(21)19-10-15(20)14-11-23-17-9-5-3-6-12(14)17/h2-9,11,15,20H,10H2,1H3,(H,19,21)/t15-/m0/s1. The summed E-state index contributed by atoms with van der Waals surface area (Å²) in [4.78, 5) is 12.3. The van der Waals surface area contributed by atoms with Crippen LogP contribution in [-0.2, 0) is 0 Å². The quantitative estimate of drug-likeness (QED) is 0.755. The number of para-hydroxylation sites is 1. The molecule has 3 rings (SSSR count). The summed E-state index contributed by atoms with van der Waals surface area (Å²) < 4.78 is 6.30. The number of thiophene rings is 1. The SMILES string of the molecule is COc1ccccc1C(=O)NC[C@H](O)c1csc2ccccc12. The van der Waals surface area contributed by atoms with Crippen LogP contribution in [0.1, 0.15) is 22.0 Å². The van der Waals surface area contributed by atoms with Crippen molar-refractivity contribution in [1.29, 1.82) is 0 Å². The van der Waals surface area contributed by atoms with Crippen LogP contribution in [0.2, 0.25) is 0 Å². The van der Waals surface area contributed by atoms with Crippen molar-refractivity contribution in [1.82, 2.24) is 5.32 Å². The van der Waals surface area contributed by atoms with Crippen LogP contribution in [0.3, 0.4) is 0 Å². The Morgan fingerprint density at radius 3 is 2.78 bits per heavy atom. The summed E-state index contributed by atoms with van der Waals surface area (Å²) in [5.41, 5.74) is 1.29. The smallest absolute Gasteiger partial charge is 0.255 e. The number of hydrogen-bond donors (Lipinski definition) is 2. The van der Waals surface area contributed by atoms with Crippen molar-refractivity contribution in [2.45, 2.75) is 6.10 Å². The first kappa shape index (κ1) is 15.5. The zero-order valence-corrected chi connectivity index (χ0v) is 13.5. The minimum Gasteiger partial charge on any atom is -0.496 e. The van der Waals surface area contributed by atoms with Gasteiger partial charge in [0, 0.05) is 16.8 Å². The van der Waals surface area contributed by atoms with Crippen LogP contribution in [-0.4, -0.2) is 24.7 Å². The molecule has 0 unspecified atom stereocenters. The molecule has 0 saturated heterocycles. The van der Waals surface area contributed by atoms with Gasteiger partial charge in [0.05, 0.1) is 18.8 Å². The molecule has 0 saturated carbocycles. The number of rotatable bonds is 5. The number of carbonyl (C=O) groups is 1. The Hall–Kier alpha value is -2.37. The van der Waals surface area contributed by atoms with E-state index in [2.05, 4.69) is 5.32 Å². The van der Waals surface area contributed by atoms with E-state index in [0.717, 1.165) is 15.6 Å². The van der Waals surface area contributed by atoms with Gasteiger partial charge < -0.3 is 15.2 Å². The number of benzene rings is 2. The Morgan fingerprint density at radius 1 is 1.22 bits per heavy atom. The van der Waals surface area contributed by atoms with Gasteiger partial charge in [-0.1, -0.05) is 30.3 Å². The zero-order chi connectivity index (χ0) is 16.2. The highest BCUT2D eigenvalue weighted by Crippen LogP contribution is 2.30. The lowest BCUT2D eigenvalue weighted by Gasteiger charge is -2.13. The third-order valence-corrected chi connectivity index (χ3v) is 4.66. The molecule has 2 aromatic carbocycles. The molecular weight excluding hydrogens is 310 g/mol. The maximum absolute atomic E-state index is 12.3. The molecule has 118 valence electrons. The molecular formula is C18H17NO3S. The summed E-state index contributed by atoms with van der Waals surface area (Å²) >= 11 is 1.59. The van der Waals surface area contributed by atoms with E-state index in [9.17, 15) is 9.90 Å². The molecule has 1 heterocycles. The van der Waals surface area contributed by atoms with Crippen molar-refractivity contribution < 1.29 is 14.6 Å². The van der Waals surface area contributed by atoms with Crippen LogP contribution in [0, 0.1) is 0 Å². The van der Waals surface area contributed by atoms with Crippen LogP contribution >= 0.6 is 11.3 Å². The van der Waals surface area contributed by atoms with Gasteiger partial charge in [-0.15, -0.1) is 11.3 Å². The van der Waals surface area contributed by atoms with Crippen molar-refractivity contribution in [3.63, 3.8) is 0 Å². The van der Waals surface area contributed by atoms with Crippen molar-refractivity contribution in [3.8, 4) is 5.75 Å².